The summed E-state index contributed by atoms with van der Waals surface area (Å²) in [5.74, 6) is 1.46. The van der Waals surface area contributed by atoms with Gasteiger partial charge in [0.05, 0.1) is 0 Å². The monoisotopic (exact) mass is 321 g/mol. The Labute approximate surface area is 140 Å². The Morgan fingerprint density at radius 3 is 2.92 bits per heavy atom. The zero-order valence-electron chi connectivity index (χ0n) is 13.3. The summed E-state index contributed by atoms with van der Waals surface area (Å²) in [6, 6.07) is 9.56. The van der Waals surface area contributed by atoms with Crippen LogP contribution in [0.5, 0.6) is 0 Å². The van der Waals surface area contributed by atoms with Gasteiger partial charge in [-0.1, -0.05) is 18.2 Å². The van der Waals surface area contributed by atoms with Gasteiger partial charge in [-0.3, -0.25) is 9.88 Å². The molecule has 7 nitrogen and oxygen atoms in total. The van der Waals surface area contributed by atoms with E-state index >= 15 is 0 Å². The zero-order chi connectivity index (χ0) is 16.2. The van der Waals surface area contributed by atoms with Crippen molar-refractivity contribution >= 4 is 11.5 Å². The highest BCUT2D eigenvalue weighted by atomic mass is 15.4. The Morgan fingerprint density at radius 2 is 2.08 bits per heavy atom. The lowest BCUT2D eigenvalue weighted by atomic mass is 10.2. The van der Waals surface area contributed by atoms with Crippen molar-refractivity contribution < 1.29 is 0 Å². The van der Waals surface area contributed by atoms with Gasteiger partial charge in [0.1, 0.15) is 11.5 Å². The van der Waals surface area contributed by atoms with Crippen LogP contribution in [0.25, 0.3) is 17.2 Å². The lowest BCUT2D eigenvalue weighted by Crippen LogP contribution is -2.32. The Hall–Kier alpha value is -2.80. The fraction of sp³-hybridized carbons (Fsp3) is 0.294. The van der Waals surface area contributed by atoms with Crippen LogP contribution in [0.1, 0.15) is 6.42 Å². The van der Waals surface area contributed by atoms with Gasteiger partial charge in [0.15, 0.2) is 5.65 Å². The van der Waals surface area contributed by atoms with Crippen LogP contribution in [0.15, 0.2) is 48.7 Å². The lowest BCUT2D eigenvalue weighted by molar-refractivity contribution is 0.310. The summed E-state index contributed by atoms with van der Waals surface area (Å²) in [6.07, 6.45) is 7.35. The summed E-state index contributed by atoms with van der Waals surface area (Å²) in [5, 5.41) is 16.3. The molecule has 0 unspecified atom stereocenters. The van der Waals surface area contributed by atoms with E-state index in [-0.39, 0.29) is 0 Å². The van der Waals surface area contributed by atoms with E-state index in [0.29, 0.717) is 11.5 Å². The van der Waals surface area contributed by atoms with Crippen molar-refractivity contribution in [3.63, 3.8) is 0 Å². The molecule has 3 aromatic heterocycles. The first-order valence-electron chi connectivity index (χ1n) is 8.15. The Bertz CT molecular complexity index is 841. The van der Waals surface area contributed by atoms with E-state index in [4.69, 9.17) is 0 Å². The molecular weight excluding hydrogens is 302 g/mol. The molecule has 1 aliphatic heterocycles. The van der Waals surface area contributed by atoms with E-state index in [1.807, 2.05) is 30.3 Å². The molecule has 0 aromatic carbocycles. The molecule has 3 aromatic rings. The van der Waals surface area contributed by atoms with Gasteiger partial charge in [-0.05, 0) is 30.7 Å². The Morgan fingerprint density at radius 1 is 1.08 bits per heavy atom. The first-order valence-corrected chi connectivity index (χ1v) is 8.15. The lowest BCUT2D eigenvalue weighted by Gasteiger charge is -2.22. The number of nitrogens with one attached hydrogen (secondary N) is 1. The molecule has 0 fully saturated rings. The fourth-order valence-electron chi connectivity index (χ4n) is 2.77. The van der Waals surface area contributed by atoms with Crippen LogP contribution in [0, 0.1) is 0 Å². The van der Waals surface area contributed by atoms with Gasteiger partial charge >= 0.3 is 0 Å². The number of fused-ring (bicyclic) bond motifs is 1. The van der Waals surface area contributed by atoms with Crippen molar-refractivity contribution in [2.24, 2.45) is 0 Å². The molecule has 0 saturated heterocycles. The predicted octanol–water partition coefficient (Wildman–Crippen LogP) is 1.86. The third-order valence-corrected chi connectivity index (χ3v) is 4.03. The summed E-state index contributed by atoms with van der Waals surface area (Å²) in [4.78, 5) is 6.75. The summed E-state index contributed by atoms with van der Waals surface area (Å²) in [7, 11) is 0. The second kappa shape index (κ2) is 6.76. The van der Waals surface area contributed by atoms with Gasteiger partial charge in [-0.25, -0.2) is 0 Å². The molecule has 0 atom stereocenters. The number of anilines is 1. The maximum Gasteiger partial charge on any atom is 0.203 e. The van der Waals surface area contributed by atoms with E-state index < -0.39 is 0 Å². The van der Waals surface area contributed by atoms with Crippen molar-refractivity contribution in [1.82, 2.24) is 29.7 Å². The summed E-state index contributed by atoms with van der Waals surface area (Å²) in [6.45, 7) is 4.01. The molecule has 4 rings (SSSR count). The number of aromatic nitrogens is 5. The summed E-state index contributed by atoms with van der Waals surface area (Å²) >= 11 is 0. The minimum Gasteiger partial charge on any atom is -0.367 e. The average Bonchev–Trinajstić information content (AvgIpc) is 3.07. The predicted molar refractivity (Wildman–Crippen MR) is 92.7 cm³/mol. The van der Waals surface area contributed by atoms with E-state index in [2.05, 4.69) is 42.6 Å². The van der Waals surface area contributed by atoms with Crippen molar-refractivity contribution in [2.45, 2.75) is 6.42 Å². The Balaban J connectivity index is 1.49. The highest BCUT2D eigenvalue weighted by Gasteiger charge is 2.11. The van der Waals surface area contributed by atoms with Crippen LogP contribution in [0.3, 0.4) is 0 Å². The molecule has 0 aliphatic carbocycles. The maximum atomic E-state index is 4.60. The molecule has 4 heterocycles. The molecule has 0 radical (unpaired) electrons. The highest BCUT2D eigenvalue weighted by molar-refractivity contribution is 5.55. The topological polar surface area (TPSA) is 71.2 Å². The number of rotatable bonds is 5. The SMILES string of the molecule is C1=CCN(CCNc2ccc3nnc(-c4ccccn4)n3n2)CC1. The molecule has 122 valence electrons. The van der Waals surface area contributed by atoms with Gasteiger partial charge in [-0.2, -0.15) is 4.52 Å². The molecule has 1 aliphatic rings. The summed E-state index contributed by atoms with van der Waals surface area (Å²) < 4.78 is 1.73. The van der Waals surface area contributed by atoms with Crippen molar-refractivity contribution in [2.75, 3.05) is 31.5 Å². The zero-order valence-corrected chi connectivity index (χ0v) is 13.3. The van der Waals surface area contributed by atoms with Crippen molar-refractivity contribution in [3.8, 4) is 11.5 Å². The van der Waals surface area contributed by atoms with Crippen molar-refractivity contribution in [3.05, 3.63) is 48.7 Å². The number of nitrogens with zero attached hydrogens (tertiary/aromatic N) is 6. The molecule has 7 heteroatoms. The van der Waals surface area contributed by atoms with Gasteiger partial charge in [-0.15, -0.1) is 15.3 Å². The maximum absolute atomic E-state index is 4.60. The molecule has 1 N–H and O–H groups in total. The molecule has 0 saturated carbocycles. The normalized spacial score (nSPS) is 15.0. The van der Waals surface area contributed by atoms with Crippen LogP contribution in [0.2, 0.25) is 0 Å². The third kappa shape index (κ3) is 3.11. The first-order chi connectivity index (χ1) is 11.9. The van der Waals surface area contributed by atoms with Crippen LogP contribution >= 0.6 is 0 Å². The van der Waals surface area contributed by atoms with Crippen LogP contribution in [0.4, 0.5) is 5.82 Å². The van der Waals surface area contributed by atoms with Gasteiger partial charge in [0.2, 0.25) is 5.82 Å². The quantitative estimate of drug-likeness (QED) is 0.723. The largest absolute Gasteiger partial charge is 0.367 e. The van der Waals surface area contributed by atoms with E-state index in [1.54, 1.807) is 10.7 Å². The molecule has 24 heavy (non-hydrogen) atoms. The fourth-order valence-corrected chi connectivity index (χ4v) is 2.77. The van der Waals surface area contributed by atoms with E-state index in [1.165, 1.54) is 0 Å². The van der Waals surface area contributed by atoms with Crippen LogP contribution in [-0.4, -0.2) is 55.9 Å². The minimum atomic E-state index is 0.649. The van der Waals surface area contributed by atoms with E-state index in [9.17, 15) is 0 Å². The van der Waals surface area contributed by atoms with E-state index in [0.717, 1.165) is 44.1 Å². The van der Waals surface area contributed by atoms with Gasteiger partial charge in [0.25, 0.3) is 0 Å². The molecule has 0 amide bonds. The summed E-state index contributed by atoms with van der Waals surface area (Å²) in [5.41, 5.74) is 1.47. The molecule has 0 bridgehead atoms. The Kier molecular flexibility index (Phi) is 4.16. The number of hydrogen-bond acceptors (Lipinski definition) is 6. The standard InChI is InChI=1S/C17H19N7/c1-4-11-23(12-5-1)13-10-19-15-7-8-16-20-21-17(24(16)22-15)14-6-2-3-9-18-14/h1-4,6-9H,5,10-13H2,(H,19,22). The van der Waals surface area contributed by atoms with Gasteiger partial charge in [0, 0.05) is 32.4 Å². The number of hydrogen-bond donors (Lipinski definition) is 1. The third-order valence-electron chi connectivity index (χ3n) is 4.03. The number of pyridine rings is 1. The smallest absolute Gasteiger partial charge is 0.203 e. The highest BCUT2D eigenvalue weighted by Crippen LogP contribution is 2.15. The van der Waals surface area contributed by atoms with Gasteiger partial charge < -0.3 is 5.32 Å². The second-order valence-electron chi connectivity index (χ2n) is 5.71. The first kappa shape index (κ1) is 14.8. The van der Waals surface area contributed by atoms with Crippen LogP contribution < -0.4 is 5.32 Å². The average molecular weight is 321 g/mol. The van der Waals surface area contributed by atoms with Crippen molar-refractivity contribution in [1.29, 1.82) is 0 Å². The molecule has 0 spiro atoms. The van der Waals surface area contributed by atoms with Crippen LogP contribution in [-0.2, 0) is 0 Å². The minimum absolute atomic E-state index is 0.649. The second-order valence-corrected chi connectivity index (χ2v) is 5.71. The molecular formula is C17H19N7.